The Bertz CT molecular complexity index is 1060. The summed E-state index contributed by atoms with van der Waals surface area (Å²) in [6.07, 6.45) is 0. The number of hydrogen-bond donors (Lipinski definition) is 1. The summed E-state index contributed by atoms with van der Waals surface area (Å²) in [6, 6.07) is 14.5. The average molecular weight is 417 g/mol. The second-order valence-corrected chi connectivity index (χ2v) is 9.24. The van der Waals surface area contributed by atoms with Gasteiger partial charge < -0.3 is 10.1 Å². The Balaban J connectivity index is 1.62. The molecule has 8 heteroatoms. The van der Waals surface area contributed by atoms with Crippen molar-refractivity contribution in [3.8, 4) is 16.3 Å². The molecule has 0 aliphatic rings. The van der Waals surface area contributed by atoms with Gasteiger partial charge in [-0.15, -0.1) is 11.3 Å². The Morgan fingerprint density at radius 2 is 1.79 bits per heavy atom. The largest absolute Gasteiger partial charge is 0.497 e. The predicted molar refractivity (Wildman–Crippen MR) is 111 cm³/mol. The number of carbonyl (C=O) groups is 1. The monoisotopic (exact) mass is 416 g/mol. The lowest BCUT2D eigenvalue weighted by molar-refractivity contribution is -0.113. The molecule has 1 heterocycles. The number of ether oxygens (including phenoxy) is 1. The van der Waals surface area contributed by atoms with Crippen LogP contribution in [0.25, 0.3) is 10.6 Å². The molecule has 1 amide bonds. The van der Waals surface area contributed by atoms with Crippen molar-refractivity contribution in [1.29, 1.82) is 0 Å². The van der Waals surface area contributed by atoms with Crippen LogP contribution >= 0.6 is 11.3 Å². The number of rotatable bonds is 7. The van der Waals surface area contributed by atoms with Gasteiger partial charge in [-0.25, -0.2) is 13.4 Å². The van der Waals surface area contributed by atoms with E-state index < -0.39 is 21.5 Å². The van der Waals surface area contributed by atoms with E-state index in [0.717, 1.165) is 21.9 Å². The Hall–Kier alpha value is -2.71. The van der Waals surface area contributed by atoms with Crippen molar-refractivity contribution < 1.29 is 17.9 Å². The summed E-state index contributed by atoms with van der Waals surface area (Å²) in [7, 11) is -2.04. The van der Waals surface area contributed by atoms with E-state index >= 15 is 0 Å². The van der Waals surface area contributed by atoms with E-state index in [9.17, 15) is 13.2 Å². The number of nitrogens with zero attached hydrogens (tertiary/aromatic N) is 1. The van der Waals surface area contributed by atoms with Gasteiger partial charge in [-0.1, -0.05) is 17.7 Å². The highest BCUT2D eigenvalue weighted by Crippen LogP contribution is 2.26. The molecule has 0 unspecified atom stereocenters. The first-order valence-corrected chi connectivity index (χ1v) is 11.2. The van der Waals surface area contributed by atoms with Gasteiger partial charge in [0.2, 0.25) is 5.91 Å². The van der Waals surface area contributed by atoms with E-state index in [1.54, 1.807) is 24.6 Å². The maximum atomic E-state index is 12.4. The molecule has 1 N–H and O–H groups in total. The van der Waals surface area contributed by atoms with Crippen LogP contribution in [0.2, 0.25) is 0 Å². The second-order valence-electron chi connectivity index (χ2n) is 6.32. The molecule has 3 rings (SSSR count). The van der Waals surface area contributed by atoms with Crippen molar-refractivity contribution in [3.05, 3.63) is 65.2 Å². The first kappa shape index (κ1) is 20.0. The van der Waals surface area contributed by atoms with E-state index in [-0.39, 0.29) is 5.75 Å². The number of nitrogens with one attached hydrogen (secondary N) is 1. The predicted octanol–water partition coefficient (Wildman–Crippen LogP) is 3.68. The third-order valence-corrected chi connectivity index (χ3v) is 6.32. The average Bonchev–Trinajstić information content (AvgIpc) is 3.10. The molecule has 0 saturated heterocycles. The molecule has 0 bridgehead atoms. The summed E-state index contributed by atoms with van der Waals surface area (Å²) in [6.45, 7) is 1.93. The number of carbonyl (C=O) groups excluding carboxylic acids is 1. The molecule has 0 spiro atoms. The van der Waals surface area contributed by atoms with E-state index in [4.69, 9.17) is 4.74 Å². The van der Waals surface area contributed by atoms with Gasteiger partial charge >= 0.3 is 0 Å². The molecule has 0 radical (unpaired) electrons. The van der Waals surface area contributed by atoms with Crippen molar-refractivity contribution in [2.45, 2.75) is 12.7 Å². The molecule has 3 aromatic rings. The van der Waals surface area contributed by atoms with Gasteiger partial charge in [-0.3, -0.25) is 4.79 Å². The topological polar surface area (TPSA) is 85.4 Å². The smallest absolute Gasteiger partial charge is 0.239 e. The number of benzene rings is 2. The third-order valence-electron chi connectivity index (χ3n) is 3.94. The Kier molecular flexibility index (Phi) is 6.11. The van der Waals surface area contributed by atoms with Gasteiger partial charge in [-0.2, -0.15) is 0 Å². The summed E-state index contributed by atoms with van der Waals surface area (Å²) in [4.78, 5) is 16.5. The number of amides is 1. The molecule has 2 aromatic carbocycles. The van der Waals surface area contributed by atoms with E-state index in [1.165, 1.54) is 11.3 Å². The minimum atomic E-state index is -3.63. The number of methoxy groups -OCH3 is 1. The first-order valence-electron chi connectivity index (χ1n) is 8.50. The number of sulfone groups is 1. The normalized spacial score (nSPS) is 11.2. The van der Waals surface area contributed by atoms with Gasteiger partial charge in [0.1, 0.15) is 16.5 Å². The van der Waals surface area contributed by atoms with E-state index in [0.29, 0.717) is 11.4 Å². The van der Waals surface area contributed by atoms with Crippen LogP contribution in [0, 0.1) is 6.92 Å². The van der Waals surface area contributed by atoms with Crippen LogP contribution < -0.4 is 10.1 Å². The highest BCUT2D eigenvalue weighted by Gasteiger charge is 2.19. The first-order chi connectivity index (χ1) is 13.3. The number of hydrogen-bond acceptors (Lipinski definition) is 6. The molecule has 0 atom stereocenters. The van der Waals surface area contributed by atoms with Crippen LogP contribution in [0.1, 0.15) is 11.3 Å². The molecule has 146 valence electrons. The van der Waals surface area contributed by atoms with Crippen LogP contribution in [-0.2, 0) is 20.4 Å². The fraction of sp³-hybridized carbons (Fsp3) is 0.200. The number of aryl methyl sites for hydroxylation is 1. The third kappa shape index (κ3) is 5.40. The summed E-state index contributed by atoms with van der Waals surface area (Å²) in [5.41, 5.74) is 2.94. The van der Waals surface area contributed by atoms with Crippen LogP contribution in [0.5, 0.6) is 5.75 Å². The molecular formula is C20H20N2O4S2. The fourth-order valence-electron chi connectivity index (χ4n) is 2.55. The van der Waals surface area contributed by atoms with Crippen LogP contribution in [0.15, 0.2) is 53.9 Å². The SMILES string of the molecule is COc1ccc(-c2nc(CS(=O)(=O)CC(=O)Nc3ccc(C)cc3)cs2)cc1. The highest BCUT2D eigenvalue weighted by molar-refractivity contribution is 7.91. The quantitative estimate of drug-likeness (QED) is 0.635. The molecule has 0 aliphatic carbocycles. The van der Waals surface area contributed by atoms with Crippen LogP contribution in [0.3, 0.4) is 0 Å². The lowest BCUT2D eigenvalue weighted by Gasteiger charge is -2.06. The van der Waals surface area contributed by atoms with Crippen LogP contribution in [-0.4, -0.2) is 32.2 Å². The van der Waals surface area contributed by atoms with E-state index in [1.807, 2.05) is 43.3 Å². The van der Waals surface area contributed by atoms with E-state index in [2.05, 4.69) is 10.3 Å². The van der Waals surface area contributed by atoms with Crippen molar-refractivity contribution in [1.82, 2.24) is 4.98 Å². The zero-order chi connectivity index (χ0) is 20.1. The second kappa shape index (κ2) is 8.53. The molecule has 6 nitrogen and oxygen atoms in total. The number of thiazole rings is 1. The summed E-state index contributed by atoms with van der Waals surface area (Å²) in [5, 5.41) is 5.03. The Morgan fingerprint density at radius 3 is 2.43 bits per heavy atom. The van der Waals surface area contributed by atoms with Crippen molar-refractivity contribution in [3.63, 3.8) is 0 Å². The molecular weight excluding hydrogens is 396 g/mol. The van der Waals surface area contributed by atoms with Crippen molar-refractivity contribution >= 4 is 32.8 Å². The number of aromatic nitrogens is 1. The molecule has 0 fully saturated rings. The molecule has 0 saturated carbocycles. The zero-order valence-electron chi connectivity index (χ0n) is 15.5. The lowest BCUT2D eigenvalue weighted by Crippen LogP contribution is -2.24. The maximum Gasteiger partial charge on any atom is 0.239 e. The Labute approximate surface area is 168 Å². The molecule has 28 heavy (non-hydrogen) atoms. The lowest BCUT2D eigenvalue weighted by atomic mass is 10.2. The van der Waals surface area contributed by atoms with Gasteiger partial charge in [0.15, 0.2) is 9.84 Å². The van der Waals surface area contributed by atoms with Crippen molar-refractivity contribution in [2.24, 2.45) is 0 Å². The highest BCUT2D eigenvalue weighted by atomic mass is 32.2. The molecule has 1 aromatic heterocycles. The van der Waals surface area contributed by atoms with Gasteiger partial charge in [0.25, 0.3) is 0 Å². The number of anilines is 1. The van der Waals surface area contributed by atoms with Gasteiger partial charge in [0, 0.05) is 16.6 Å². The summed E-state index contributed by atoms with van der Waals surface area (Å²) < 4.78 is 29.9. The van der Waals surface area contributed by atoms with Gasteiger partial charge in [0.05, 0.1) is 18.6 Å². The van der Waals surface area contributed by atoms with Gasteiger partial charge in [-0.05, 0) is 43.3 Å². The maximum absolute atomic E-state index is 12.4. The minimum Gasteiger partial charge on any atom is -0.497 e. The van der Waals surface area contributed by atoms with Crippen LogP contribution in [0.4, 0.5) is 5.69 Å². The minimum absolute atomic E-state index is 0.277. The fourth-order valence-corrected chi connectivity index (χ4v) is 4.65. The standard InChI is InChI=1S/C20H20N2O4S2/c1-14-3-7-16(8-4-14)21-19(23)13-28(24,25)12-17-11-27-20(22-17)15-5-9-18(26-2)10-6-15/h3-11H,12-13H2,1-2H3,(H,21,23). The zero-order valence-corrected chi connectivity index (χ0v) is 17.1. The summed E-state index contributed by atoms with van der Waals surface area (Å²) >= 11 is 1.36. The molecule has 0 aliphatic heterocycles. The summed E-state index contributed by atoms with van der Waals surface area (Å²) in [5.74, 6) is -0.686. The Morgan fingerprint density at radius 1 is 1.11 bits per heavy atom. The van der Waals surface area contributed by atoms with Crippen molar-refractivity contribution in [2.75, 3.05) is 18.2 Å².